The molecule has 144 valence electrons. The summed E-state index contributed by atoms with van der Waals surface area (Å²) in [5.74, 6) is 0.0771. The van der Waals surface area contributed by atoms with E-state index in [2.05, 4.69) is 11.3 Å². The summed E-state index contributed by atoms with van der Waals surface area (Å²) < 4.78 is 15.6. The van der Waals surface area contributed by atoms with Gasteiger partial charge in [-0.1, -0.05) is 18.2 Å². The summed E-state index contributed by atoms with van der Waals surface area (Å²) in [4.78, 5) is 25.9. The molecule has 0 radical (unpaired) electrons. The van der Waals surface area contributed by atoms with Crippen LogP contribution in [-0.2, 0) is 9.53 Å². The number of fused-ring (bicyclic) bond motifs is 1. The van der Waals surface area contributed by atoms with Crippen LogP contribution in [0.5, 0.6) is 11.5 Å². The zero-order chi connectivity index (χ0) is 20.1. The molecule has 27 heavy (non-hydrogen) atoms. The van der Waals surface area contributed by atoms with Crippen LogP contribution < -0.4 is 14.4 Å². The van der Waals surface area contributed by atoms with Crippen LogP contribution in [0.15, 0.2) is 36.4 Å². The minimum Gasteiger partial charge on any atom is -0.437 e. The highest BCUT2D eigenvalue weighted by molar-refractivity contribution is 6.31. The van der Waals surface area contributed by atoms with E-state index in [0.717, 1.165) is 0 Å². The summed E-state index contributed by atoms with van der Waals surface area (Å²) in [6.45, 7) is 10.5. The summed E-state index contributed by atoms with van der Waals surface area (Å²) in [6.07, 6.45) is -0.853. The monoisotopic (exact) mass is 391 g/mol. The minimum absolute atomic E-state index is 0.261. The molecule has 2 rings (SSSR count). The Labute approximate surface area is 163 Å². The van der Waals surface area contributed by atoms with Crippen molar-refractivity contribution < 1.29 is 23.8 Å². The molecule has 0 saturated carbocycles. The molecule has 0 spiro atoms. The lowest BCUT2D eigenvalue weighted by molar-refractivity contribution is -0.129. The van der Waals surface area contributed by atoms with Gasteiger partial charge in [0, 0.05) is 40.5 Å². The topological polar surface area (TPSA) is 65.1 Å². The van der Waals surface area contributed by atoms with Crippen molar-refractivity contribution in [1.82, 2.24) is 0 Å². The molecule has 0 fully saturated rings. The van der Waals surface area contributed by atoms with E-state index >= 15 is 0 Å². The molecule has 6 nitrogen and oxygen atoms in total. The van der Waals surface area contributed by atoms with Crippen LogP contribution in [0.3, 0.4) is 0 Å². The standard InChI is InChI=1S/C20H22ClNO5/c1-6-22(7-2)16-11-17(26-20(24)25-5)15-10-13(21)8-9-14(15)18(16)27-19(23)12(3)4/h8-11H,3,6-7H2,1-2,4-5H3. The van der Waals surface area contributed by atoms with E-state index in [1.807, 2.05) is 18.7 Å². The number of carbonyl (C=O) groups is 2. The maximum absolute atomic E-state index is 12.2. The Balaban J connectivity index is 2.80. The van der Waals surface area contributed by atoms with Gasteiger partial charge in [0.15, 0.2) is 5.75 Å². The zero-order valence-electron chi connectivity index (χ0n) is 15.8. The smallest absolute Gasteiger partial charge is 0.437 e. The lowest BCUT2D eigenvalue weighted by Gasteiger charge is -2.25. The number of esters is 1. The molecule has 7 heteroatoms. The van der Waals surface area contributed by atoms with E-state index in [-0.39, 0.29) is 11.3 Å². The highest BCUT2D eigenvalue weighted by Gasteiger charge is 2.22. The summed E-state index contributed by atoms with van der Waals surface area (Å²) in [7, 11) is 1.23. The number of hydrogen-bond donors (Lipinski definition) is 0. The minimum atomic E-state index is -0.853. The Kier molecular flexibility index (Phi) is 6.69. The normalized spacial score (nSPS) is 10.4. The molecule has 2 aromatic rings. The first-order valence-electron chi connectivity index (χ1n) is 8.47. The average molecular weight is 392 g/mol. The Hall–Kier alpha value is -2.73. The maximum atomic E-state index is 12.2. The van der Waals surface area contributed by atoms with Crippen molar-refractivity contribution >= 4 is 40.2 Å². The molecule has 0 bridgehead atoms. The summed E-state index contributed by atoms with van der Waals surface area (Å²) in [6, 6.07) is 6.68. The van der Waals surface area contributed by atoms with E-state index in [1.165, 1.54) is 7.11 Å². The van der Waals surface area contributed by atoms with Crippen molar-refractivity contribution in [3.05, 3.63) is 41.4 Å². The molecule has 0 heterocycles. The second-order valence-corrected chi connectivity index (χ2v) is 6.25. The number of nitrogens with zero attached hydrogens (tertiary/aromatic N) is 1. The van der Waals surface area contributed by atoms with Gasteiger partial charge in [0.05, 0.1) is 12.8 Å². The highest BCUT2D eigenvalue weighted by Crippen LogP contribution is 2.43. The Morgan fingerprint density at radius 1 is 1.11 bits per heavy atom. The van der Waals surface area contributed by atoms with Gasteiger partial charge < -0.3 is 19.1 Å². The van der Waals surface area contributed by atoms with E-state index in [0.29, 0.717) is 40.3 Å². The third kappa shape index (κ3) is 4.52. The lowest BCUT2D eigenvalue weighted by atomic mass is 10.1. The fourth-order valence-electron chi connectivity index (χ4n) is 2.63. The van der Waals surface area contributed by atoms with Crippen molar-refractivity contribution in [2.75, 3.05) is 25.1 Å². The number of benzene rings is 2. The van der Waals surface area contributed by atoms with Gasteiger partial charge in [0.2, 0.25) is 0 Å². The third-order valence-electron chi connectivity index (χ3n) is 4.00. The fraction of sp³-hybridized carbons (Fsp3) is 0.300. The van der Waals surface area contributed by atoms with Gasteiger partial charge in [-0.05, 0) is 39.0 Å². The van der Waals surface area contributed by atoms with Crippen molar-refractivity contribution in [3.63, 3.8) is 0 Å². The molecular formula is C20H22ClNO5. The summed E-state index contributed by atoms with van der Waals surface area (Å²) in [5.41, 5.74) is 0.890. The van der Waals surface area contributed by atoms with Gasteiger partial charge in [0.25, 0.3) is 0 Å². The molecule has 0 aliphatic carbocycles. The van der Waals surface area contributed by atoms with E-state index in [1.54, 1.807) is 31.2 Å². The number of halogens is 1. The van der Waals surface area contributed by atoms with Crippen LogP contribution in [-0.4, -0.2) is 32.3 Å². The van der Waals surface area contributed by atoms with Crippen molar-refractivity contribution in [3.8, 4) is 11.5 Å². The predicted octanol–water partition coefficient (Wildman–Crippen LogP) is 4.97. The maximum Gasteiger partial charge on any atom is 0.513 e. The summed E-state index contributed by atoms with van der Waals surface area (Å²) in [5, 5.41) is 1.55. The number of methoxy groups -OCH3 is 1. The second kappa shape index (κ2) is 8.77. The van der Waals surface area contributed by atoms with Crippen molar-refractivity contribution in [1.29, 1.82) is 0 Å². The van der Waals surface area contributed by atoms with Crippen molar-refractivity contribution in [2.45, 2.75) is 20.8 Å². The second-order valence-electron chi connectivity index (χ2n) is 5.81. The molecule has 0 unspecified atom stereocenters. The molecule has 0 aliphatic rings. The lowest BCUT2D eigenvalue weighted by Crippen LogP contribution is -2.24. The molecule has 0 saturated heterocycles. The quantitative estimate of drug-likeness (QED) is 0.300. The Morgan fingerprint density at radius 3 is 2.33 bits per heavy atom. The molecular weight excluding hydrogens is 370 g/mol. The predicted molar refractivity (Wildman–Crippen MR) is 106 cm³/mol. The highest BCUT2D eigenvalue weighted by atomic mass is 35.5. The first kappa shape index (κ1) is 20.6. The van der Waals surface area contributed by atoms with Crippen LogP contribution >= 0.6 is 11.6 Å². The Bertz CT molecular complexity index is 890. The van der Waals surface area contributed by atoms with Crippen LogP contribution in [0, 0.1) is 0 Å². The van der Waals surface area contributed by atoms with E-state index in [9.17, 15) is 9.59 Å². The average Bonchev–Trinajstić information content (AvgIpc) is 2.64. The number of carbonyl (C=O) groups excluding carboxylic acids is 2. The summed E-state index contributed by atoms with van der Waals surface area (Å²) >= 11 is 6.12. The SMILES string of the molecule is C=C(C)C(=O)Oc1c(N(CC)CC)cc(OC(=O)OC)c2cc(Cl)ccc12. The number of hydrogen-bond acceptors (Lipinski definition) is 6. The van der Waals surface area contributed by atoms with E-state index < -0.39 is 12.1 Å². The van der Waals surface area contributed by atoms with Gasteiger partial charge in [-0.25, -0.2) is 9.59 Å². The van der Waals surface area contributed by atoms with Crippen LogP contribution in [0.4, 0.5) is 10.5 Å². The molecule has 0 aromatic heterocycles. The molecule has 0 atom stereocenters. The number of anilines is 1. The van der Waals surface area contributed by atoms with Gasteiger partial charge >= 0.3 is 12.1 Å². The first-order chi connectivity index (χ1) is 12.8. The number of rotatable bonds is 6. The Morgan fingerprint density at radius 2 is 1.78 bits per heavy atom. The molecule has 0 amide bonds. The molecule has 0 aliphatic heterocycles. The van der Waals surface area contributed by atoms with Gasteiger partial charge in [-0.15, -0.1) is 0 Å². The van der Waals surface area contributed by atoms with Crippen LogP contribution in [0.1, 0.15) is 20.8 Å². The van der Waals surface area contributed by atoms with Gasteiger partial charge in [0.1, 0.15) is 5.75 Å². The third-order valence-corrected chi connectivity index (χ3v) is 4.23. The van der Waals surface area contributed by atoms with Crippen LogP contribution in [0.2, 0.25) is 5.02 Å². The van der Waals surface area contributed by atoms with Gasteiger partial charge in [-0.2, -0.15) is 0 Å². The van der Waals surface area contributed by atoms with E-state index in [4.69, 9.17) is 21.1 Å². The number of ether oxygens (including phenoxy) is 3. The fourth-order valence-corrected chi connectivity index (χ4v) is 2.80. The molecule has 0 N–H and O–H groups in total. The molecule has 2 aromatic carbocycles. The van der Waals surface area contributed by atoms with Crippen LogP contribution in [0.25, 0.3) is 10.8 Å². The van der Waals surface area contributed by atoms with Crippen molar-refractivity contribution in [2.24, 2.45) is 0 Å². The largest absolute Gasteiger partial charge is 0.513 e. The zero-order valence-corrected chi connectivity index (χ0v) is 16.6. The first-order valence-corrected chi connectivity index (χ1v) is 8.84. The van der Waals surface area contributed by atoms with Gasteiger partial charge in [-0.3, -0.25) is 0 Å².